The van der Waals surface area contributed by atoms with E-state index in [1.807, 2.05) is 37.3 Å². The van der Waals surface area contributed by atoms with E-state index in [0.29, 0.717) is 27.9 Å². The number of rotatable bonds is 7. The molecule has 230 valence electrons. The Kier molecular flexibility index (Phi) is 7.20. The first kappa shape index (κ1) is 28.8. The topological polar surface area (TPSA) is 165 Å². The van der Waals surface area contributed by atoms with Crippen molar-refractivity contribution in [3.05, 3.63) is 90.4 Å². The second-order valence-electron chi connectivity index (χ2n) is 11.3. The molecule has 13 heteroatoms. The minimum absolute atomic E-state index is 0.0112. The van der Waals surface area contributed by atoms with Gasteiger partial charge in [-0.2, -0.15) is 15.3 Å². The van der Waals surface area contributed by atoms with Crippen molar-refractivity contribution in [3.63, 3.8) is 0 Å². The minimum Gasteiger partial charge on any atom is -0.364 e. The number of alkyl halides is 1. The lowest BCUT2D eigenvalue weighted by Crippen LogP contribution is -2.44. The molecule has 3 aromatic carbocycles. The van der Waals surface area contributed by atoms with Gasteiger partial charge in [-0.05, 0) is 48.9 Å². The first-order chi connectivity index (χ1) is 22.2. The Morgan fingerprint density at radius 3 is 2.65 bits per heavy atom. The predicted molar refractivity (Wildman–Crippen MR) is 169 cm³/mol. The third-order valence-electron chi connectivity index (χ3n) is 8.12. The van der Waals surface area contributed by atoms with E-state index in [0.717, 1.165) is 27.8 Å². The van der Waals surface area contributed by atoms with E-state index in [-0.39, 0.29) is 25.2 Å². The largest absolute Gasteiger partial charge is 0.364 e. The van der Waals surface area contributed by atoms with Crippen LogP contribution in [0.1, 0.15) is 22.5 Å². The molecule has 3 aromatic heterocycles. The lowest BCUT2D eigenvalue weighted by molar-refractivity contribution is -0.137. The van der Waals surface area contributed by atoms with Crippen LogP contribution in [-0.4, -0.2) is 71.3 Å². The molecule has 3 amide bonds. The van der Waals surface area contributed by atoms with Gasteiger partial charge in [-0.1, -0.05) is 35.9 Å². The number of imidazole rings is 1. The fraction of sp³-hybridized carbons (Fsp3) is 0.182. The van der Waals surface area contributed by atoms with Crippen LogP contribution in [0.4, 0.5) is 10.1 Å². The number of fused-ring (bicyclic) bond motifs is 2. The number of aromatic nitrogens is 6. The number of nitrogens with zero attached hydrogens (tertiary/aromatic N) is 6. The second kappa shape index (κ2) is 11.5. The number of nitrogens with two attached hydrogens (primary N) is 1. The molecule has 0 saturated carbocycles. The normalized spacial score (nSPS) is 16.3. The summed E-state index contributed by atoms with van der Waals surface area (Å²) in [5.74, 6) is -1.17. The number of hydrogen-bond donors (Lipinski definition) is 3. The summed E-state index contributed by atoms with van der Waals surface area (Å²) in [5, 5.41) is 15.3. The Morgan fingerprint density at radius 2 is 1.87 bits per heavy atom. The number of H-pyrrole nitrogens is 1. The van der Waals surface area contributed by atoms with Gasteiger partial charge < -0.3 is 20.9 Å². The standard InChI is InChI=1S/C33H28FN9O3/c1-18-4-2-5-20(12-18)32-38-24-6-3-7-25(30(24)40-32)39-33(46)27-14-22(34)16-42(27)28(44)17-43-26-9-8-19(21-10-11-36-37-15-21)13-23(26)29(41-43)31(35)45/h2-13,15,22,27H,14,16-17H2,1H3,(H2,35,45)(H,38,40)(H,39,46). The minimum atomic E-state index is -1.39. The number of para-hydroxylation sites is 1. The molecular formula is C33H28FN9O3. The lowest BCUT2D eigenvalue weighted by atomic mass is 10.0. The van der Waals surface area contributed by atoms with Crippen LogP contribution in [0.5, 0.6) is 0 Å². The van der Waals surface area contributed by atoms with Crippen molar-refractivity contribution in [2.24, 2.45) is 5.73 Å². The second-order valence-corrected chi connectivity index (χ2v) is 11.3. The molecule has 0 bridgehead atoms. The molecule has 2 atom stereocenters. The van der Waals surface area contributed by atoms with Crippen LogP contribution < -0.4 is 11.1 Å². The summed E-state index contributed by atoms with van der Waals surface area (Å²) in [6.45, 7) is 1.42. The highest BCUT2D eigenvalue weighted by atomic mass is 19.1. The van der Waals surface area contributed by atoms with Gasteiger partial charge in [0.25, 0.3) is 5.91 Å². The summed E-state index contributed by atoms with van der Waals surface area (Å²) in [7, 11) is 0. The first-order valence-corrected chi connectivity index (χ1v) is 14.6. The molecular weight excluding hydrogens is 589 g/mol. The number of halogens is 1. The van der Waals surface area contributed by atoms with Crippen LogP contribution in [0, 0.1) is 6.92 Å². The fourth-order valence-corrected chi connectivity index (χ4v) is 5.93. The van der Waals surface area contributed by atoms with Crippen molar-refractivity contribution >= 4 is 45.3 Å². The summed E-state index contributed by atoms with van der Waals surface area (Å²) >= 11 is 0. The quantitative estimate of drug-likeness (QED) is 0.243. The van der Waals surface area contributed by atoms with Crippen molar-refractivity contribution in [3.8, 4) is 22.5 Å². The highest BCUT2D eigenvalue weighted by molar-refractivity contribution is 6.06. The number of carbonyl (C=O) groups excluding carboxylic acids is 3. The number of amides is 3. The number of hydrogen-bond acceptors (Lipinski definition) is 7. The van der Waals surface area contributed by atoms with Gasteiger partial charge in [0, 0.05) is 22.9 Å². The van der Waals surface area contributed by atoms with Crippen molar-refractivity contribution in [1.29, 1.82) is 0 Å². The van der Waals surface area contributed by atoms with Gasteiger partial charge >= 0.3 is 0 Å². The molecule has 12 nitrogen and oxygen atoms in total. The molecule has 2 unspecified atom stereocenters. The first-order valence-electron chi connectivity index (χ1n) is 14.6. The van der Waals surface area contributed by atoms with Gasteiger partial charge in [0.2, 0.25) is 11.8 Å². The molecule has 0 radical (unpaired) electrons. The van der Waals surface area contributed by atoms with Crippen LogP contribution >= 0.6 is 0 Å². The Balaban J connectivity index is 1.14. The van der Waals surface area contributed by atoms with E-state index in [1.54, 1.807) is 48.8 Å². The molecule has 1 saturated heterocycles. The zero-order valence-electron chi connectivity index (χ0n) is 24.6. The fourth-order valence-electron chi connectivity index (χ4n) is 5.93. The van der Waals surface area contributed by atoms with Gasteiger partial charge in [-0.15, -0.1) is 0 Å². The summed E-state index contributed by atoms with van der Waals surface area (Å²) in [4.78, 5) is 48.7. The number of likely N-dealkylation sites (tertiary alicyclic amines) is 1. The van der Waals surface area contributed by atoms with Crippen molar-refractivity contribution in [2.75, 3.05) is 11.9 Å². The molecule has 6 aromatic rings. The highest BCUT2D eigenvalue weighted by Gasteiger charge is 2.40. The molecule has 0 spiro atoms. The van der Waals surface area contributed by atoms with Gasteiger partial charge in [0.15, 0.2) is 5.69 Å². The Labute approximate surface area is 261 Å². The number of anilines is 1. The van der Waals surface area contributed by atoms with Crippen LogP contribution in [0.25, 0.3) is 44.5 Å². The molecule has 0 aliphatic carbocycles. The monoisotopic (exact) mass is 617 g/mol. The maximum absolute atomic E-state index is 14.8. The van der Waals surface area contributed by atoms with Gasteiger partial charge in [0.05, 0.1) is 35.7 Å². The van der Waals surface area contributed by atoms with E-state index in [1.165, 1.54) is 9.58 Å². The third kappa shape index (κ3) is 5.31. The van der Waals surface area contributed by atoms with E-state index >= 15 is 0 Å². The highest BCUT2D eigenvalue weighted by Crippen LogP contribution is 2.30. The van der Waals surface area contributed by atoms with Gasteiger partial charge in [-0.25, -0.2) is 9.37 Å². The maximum Gasteiger partial charge on any atom is 0.269 e. The van der Waals surface area contributed by atoms with Crippen LogP contribution in [0.2, 0.25) is 0 Å². The number of aryl methyl sites for hydroxylation is 1. The molecule has 4 N–H and O–H groups in total. The molecule has 1 aliphatic heterocycles. The Hall–Kier alpha value is -5.98. The Bertz CT molecular complexity index is 2140. The summed E-state index contributed by atoms with van der Waals surface area (Å²) in [6.07, 6.45) is 1.59. The zero-order valence-corrected chi connectivity index (χ0v) is 24.6. The van der Waals surface area contributed by atoms with E-state index in [2.05, 4.69) is 25.6 Å². The number of carbonyl (C=O) groups is 3. The predicted octanol–water partition coefficient (Wildman–Crippen LogP) is 4.02. The van der Waals surface area contributed by atoms with E-state index in [4.69, 9.17) is 10.7 Å². The van der Waals surface area contributed by atoms with Crippen LogP contribution in [0.3, 0.4) is 0 Å². The van der Waals surface area contributed by atoms with Gasteiger partial charge in [-0.3, -0.25) is 19.1 Å². The maximum atomic E-state index is 14.8. The number of primary amides is 1. The van der Waals surface area contributed by atoms with Crippen molar-refractivity contribution < 1.29 is 18.8 Å². The van der Waals surface area contributed by atoms with Gasteiger partial charge in [0.1, 0.15) is 30.1 Å². The molecule has 1 fully saturated rings. The number of aromatic amines is 1. The Morgan fingerprint density at radius 1 is 1.02 bits per heavy atom. The van der Waals surface area contributed by atoms with Crippen LogP contribution in [0.15, 0.2) is 79.1 Å². The van der Waals surface area contributed by atoms with Crippen molar-refractivity contribution in [2.45, 2.75) is 32.1 Å². The average molecular weight is 618 g/mol. The summed E-state index contributed by atoms with van der Waals surface area (Å²) in [6, 6.07) is 19.2. The van der Waals surface area contributed by atoms with Crippen LogP contribution in [-0.2, 0) is 16.1 Å². The van der Waals surface area contributed by atoms with E-state index in [9.17, 15) is 18.8 Å². The summed E-state index contributed by atoms with van der Waals surface area (Å²) in [5.41, 5.74) is 11.3. The third-order valence-corrected chi connectivity index (χ3v) is 8.12. The summed E-state index contributed by atoms with van der Waals surface area (Å²) < 4.78 is 16.1. The average Bonchev–Trinajstić information content (AvgIpc) is 3.77. The lowest BCUT2D eigenvalue weighted by Gasteiger charge is -2.23. The smallest absolute Gasteiger partial charge is 0.269 e. The molecule has 4 heterocycles. The van der Waals surface area contributed by atoms with Crippen molar-refractivity contribution in [1.82, 2.24) is 34.8 Å². The number of benzene rings is 3. The molecule has 1 aliphatic rings. The molecule has 7 rings (SSSR count). The SMILES string of the molecule is Cc1cccc(-c2nc3c(NC(=O)C4CC(F)CN4C(=O)Cn4nc(C(N)=O)c5cc(-c6ccnnc6)ccc54)cccc3[nH]2)c1. The van der Waals surface area contributed by atoms with E-state index < -0.39 is 29.9 Å². The molecule has 46 heavy (non-hydrogen) atoms. The zero-order chi connectivity index (χ0) is 31.9. The number of nitrogens with one attached hydrogen (secondary N) is 2.